The molecule has 0 radical (unpaired) electrons. The van der Waals surface area contributed by atoms with Gasteiger partial charge in [0.2, 0.25) is 53.2 Å². The van der Waals surface area contributed by atoms with Crippen LogP contribution in [0.15, 0.2) is 64.7 Å². The number of aliphatic hydroxyl groups is 1. The lowest BCUT2D eigenvalue weighted by atomic mass is 9.98. The number of hydrogen-bond acceptors (Lipinski definition) is 13. The van der Waals surface area contributed by atoms with Gasteiger partial charge in [-0.1, -0.05) is 36.4 Å². The number of fused-ring (bicyclic) bond motifs is 1. The number of aliphatic hydroxyl groups excluding tert-OH is 1. The molecule has 2 aromatic carbocycles. The van der Waals surface area contributed by atoms with Crippen molar-refractivity contribution < 1.29 is 61.4 Å². The van der Waals surface area contributed by atoms with E-state index >= 15 is 0 Å². The van der Waals surface area contributed by atoms with Gasteiger partial charge >= 0.3 is 6.18 Å². The maximum atomic E-state index is 14.7. The van der Waals surface area contributed by atoms with Crippen molar-refractivity contribution in [2.75, 3.05) is 19.6 Å². The van der Waals surface area contributed by atoms with Gasteiger partial charge in [0.25, 0.3) is 0 Å². The Kier molecular flexibility index (Phi) is 24.9. The van der Waals surface area contributed by atoms with Crippen LogP contribution in [0.1, 0.15) is 87.8 Å². The molecule has 1 saturated heterocycles. The standard InChI is InChI=1S/C50H72F3N17O10/c1-26(71)64-33(13-7-21-61-48(56)57)42(75)66-34-14-6-20-60-40(73)19-17-32(41(55)74)65-46(79)38(24-28-25-63-31-12-5-3-10-29(28)31)70-44(77)35(15-8-22-62-49(58)59)67-47(80)37(23-27-9-2-4-11-30(27)50(51,52)53)69-45(78)36(68-43(34)76)16-18-39(54)72/h2-5,9-12,25,32-38,46,63,65,79H,6-8,13-24H2,1H3,(H2,54,72)(H2,55,74)(H,60,73)(H,64,71)(H,66,75)(H,67,80)(H,68,76)(H,69,78)(H,70,77)(H4,56,57,61)(H4,58,59,62). The molecule has 0 bridgehead atoms. The number of H-pyrrole nitrogens is 1. The van der Waals surface area contributed by atoms with Crippen molar-refractivity contribution in [2.24, 2.45) is 44.4 Å². The number of para-hydroxylation sites is 1. The second-order valence-electron chi connectivity index (χ2n) is 19.0. The Morgan fingerprint density at radius 1 is 0.750 bits per heavy atom. The first-order valence-electron chi connectivity index (χ1n) is 25.7. The highest BCUT2D eigenvalue weighted by Gasteiger charge is 2.38. The highest BCUT2D eigenvalue weighted by Crippen LogP contribution is 2.32. The number of aromatic nitrogens is 1. The first-order chi connectivity index (χ1) is 37.8. The van der Waals surface area contributed by atoms with Gasteiger partial charge < -0.3 is 81.7 Å². The summed E-state index contributed by atoms with van der Waals surface area (Å²) in [5, 5.41) is 32.9. The van der Waals surface area contributed by atoms with Crippen LogP contribution in [0, 0.1) is 0 Å². The lowest BCUT2D eigenvalue weighted by Gasteiger charge is -2.30. The van der Waals surface area contributed by atoms with E-state index in [4.69, 9.17) is 34.4 Å². The molecule has 3 aromatic rings. The number of halogens is 3. The van der Waals surface area contributed by atoms with Crippen molar-refractivity contribution >= 4 is 76.0 Å². The number of aliphatic imine (C=N–C) groups is 2. The molecule has 0 saturated carbocycles. The van der Waals surface area contributed by atoms with E-state index in [1.165, 1.54) is 6.07 Å². The van der Waals surface area contributed by atoms with Gasteiger partial charge in [-0.2, -0.15) is 13.2 Å². The summed E-state index contributed by atoms with van der Waals surface area (Å²) in [6.45, 7) is 0.971. The minimum atomic E-state index is -4.97. The minimum absolute atomic E-state index is 0.00756. The second-order valence-corrected chi connectivity index (χ2v) is 19.0. The number of benzene rings is 2. The fraction of sp³-hybridized carbons (Fsp3) is 0.500. The molecule has 80 heavy (non-hydrogen) atoms. The molecule has 0 spiro atoms. The number of guanidine groups is 2. The maximum absolute atomic E-state index is 14.7. The van der Waals surface area contributed by atoms with E-state index in [0.717, 1.165) is 25.1 Å². The smallest absolute Gasteiger partial charge is 0.376 e. The van der Waals surface area contributed by atoms with Crippen molar-refractivity contribution in [3.8, 4) is 0 Å². The predicted octanol–water partition coefficient (Wildman–Crippen LogP) is -3.27. The van der Waals surface area contributed by atoms with Gasteiger partial charge in [-0.15, -0.1) is 0 Å². The number of nitrogens with one attached hydrogen (secondary N) is 9. The highest BCUT2D eigenvalue weighted by molar-refractivity contribution is 5.97. The molecule has 1 aliphatic heterocycles. The molecule has 4 rings (SSSR count). The maximum Gasteiger partial charge on any atom is 0.416 e. The summed E-state index contributed by atoms with van der Waals surface area (Å²) in [4.78, 5) is 133. The molecule has 1 aliphatic rings. The first kappa shape index (κ1) is 64.0. The third-order valence-corrected chi connectivity index (χ3v) is 12.7. The van der Waals surface area contributed by atoms with E-state index in [0.29, 0.717) is 16.5 Å². The molecule has 22 N–H and O–H groups in total. The van der Waals surface area contributed by atoms with Crippen LogP contribution in [-0.4, -0.2) is 143 Å². The number of carbonyl (C=O) groups excluding carboxylic acids is 9. The third-order valence-electron chi connectivity index (χ3n) is 12.7. The Labute approximate surface area is 457 Å². The number of amides is 9. The summed E-state index contributed by atoms with van der Waals surface area (Å²) >= 11 is 0. The van der Waals surface area contributed by atoms with Crippen LogP contribution >= 0.6 is 0 Å². The molecule has 8 atom stereocenters. The van der Waals surface area contributed by atoms with Crippen LogP contribution in [0.25, 0.3) is 10.9 Å². The number of hydrogen-bond donors (Lipinski definition) is 16. The number of aromatic amines is 1. The number of nitrogens with zero attached hydrogens (tertiary/aromatic N) is 2. The summed E-state index contributed by atoms with van der Waals surface area (Å²) in [7, 11) is 0. The molecule has 8 unspecified atom stereocenters. The van der Waals surface area contributed by atoms with E-state index < -0.39 is 138 Å². The molecule has 30 heteroatoms. The van der Waals surface area contributed by atoms with Crippen molar-refractivity contribution in [1.29, 1.82) is 0 Å². The number of alkyl halides is 3. The first-order valence-corrected chi connectivity index (χ1v) is 25.7. The monoisotopic (exact) mass is 1130 g/mol. The quantitative estimate of drug-likeness (QED) is 0.0318. The van der Waals surface area contributed by atoms with Crippen molar-refractivity contribution in [3.63, 3.8) is 0 Å². The van der Waals surface area contributed by atoms with E-state index in [1.807, 2.05) is 0 Å². The second kappa shape index (κ2) is 31.2. The van der Waals surface area contributed by atoms with Crippen LogP contribution in [0.5, 0.6) is 0 Å². The Hall–Kier alpha value is -8.54. The van der Waals surface area contributed by atoms with Gasteiger partial charge in [-0.25, -0.2) is 0 Å². The Balaban J connectivity index is 1.85. The van der Waals surface area contributed by atoms with Crippen molar-refractivity contribution in [3.05, 3.63) is 71.4 Å². The van der Waals surface area contributed by atoms with Gasteiger partial charge in [0, 0.05) is 62.9 Å². The van der Waals surface area contributed by atoms with Crippen molar-refractivity contribution in [2.45, 2.75) is 139 Å². The zero-order valence-electron chi connectivity index (χ0n) is 44.0. The van der Waals surface area contributed by atoms with Crippen LogP contribution in [0.4, 0.5) is 13.2 Å². The molecular formula is C50H72F3N17O10. The van der Waals surface area contributed by atoms with Crippen LogP contribution in [0.3, 0.4) is 0 Å². The Morgan fingerprint density at radius 3 is 2.02 bits per heavy atom. The van der Waals surface area contributed by atoms with Gasteiger partial charge in [0.05, 0.1) is 17.6 Å². The van der Waals surface area contributed by atoms with E-state index in [2.05, 4.69) is 57.5 Å². The summed E-state index contributed by atoms with van der Waals surface area (Å²) in [6, 6.07) is 0.322. The van der Waals surface area contributed by atoms with Gasteiger partial charge in [0.1, 0.15) is 36.4 Å². The molecule has 2 heterocycles. The van der Waals surface area contributed by atoms with Gasteiger partial charge in [-0.3, -0.25) is 58.5 Å². The number of nitrogens with two attached hydrogens (primary N) is 6. The van der Waals surface area contributed by atoms with Crippen molar-refractivity contribution in [1.82, 2.24) is 47.5 Å². The Bertz CT molecular complexity index is 2710. The normalized spacial score (nSPS) is 21.7. The minimum Gasteiger partial charge on any atom is -0.376 e. The molecule has 27 nitrogen and oxygen atoms in total. The fourth-order valence-electron chi connectivity index (χ4n) is 8.70. The summed E-state index contributed by atoms with van der Waals surface area (Å²) < 4.78 is 43.6. The fourth-order valence-corrected chi connectivity index (χ4v) is 8.70. The lowest BCUT2D eigenvalue weighted by Crippen LogP contribution is -2.61. The van der Waals surface area contributed by atoms with Crippen LogP contribution < -0.4 is 76.9 Å². The molecule has 1 aromatic heterocycles. The number of carbonyl (C=O) groups is 9. The van der Waals surface area contributed by atoms with Crippen LogP contribution in [-0.2, 0) is 62.2 Å². The lowest BCUT2D eigenvalue weighted by molar-refractivity contribution is -0.138. The van der Waals surface area contributed by atoms with Gasteiger partial charge in [-0.05, 0) is 81.0 Å². The molecule has 438 valence electrons. The van der Waals surface area contributed by atoms with E-state index in [-0.39, 0.29) is 89.3 Å². The molecule has 9 amide bonds. The highest BCUT2D eigenvalue weighted by atomic mass is 19.4. The SMILES string of the molecule is CC(=O)NC(CCCN=C(N)N)C(=O)NC1CCCNC(=O)CCC(C(N)=O)NC(O)C(Cc2c[nH]c3ccccc23)NC(=O)C(CCCN=C(N)N)NC(=O)C(Cc2ccccc2C(F)(F)F)NC(=O)C(CCC(N)=O)NC1=O. The van der Waals surface area contributed by atoms with E-state index in [1.54, 1.807) is 30.5 Å². The predicted molar refractivity (Wildman–Crippen MR) is 286 cm³/mol. The molecule has 1 fully saturated rings. The molecular weight excluding hydrogens is 1060 g/mol. The summed E-state index contributed by atoms with van der Waals surface area (Å²) in [5.74, 6) is -9.07. The van der Waals surface area contributed by atoms with E-state index in [9.17, 15) is 61.4 Å². The zero-order valence-corrected chi connectivity index (χ0v) is 44.0. The summed E-state index contributed by atoms with van der Waals surface area (Å²) in [5.41, 5.74) is 32.7. The largest absolute Gasteiger partial charge is 0.416 e. The average molecular weight is 1130 g/mol. The van der Waals surface area contributed by atoms with Crippen LogP contribution in [0.2, 0.25) is 0 Å². The Morgan fingerprint density at radius 2 is 1.36 bits per heavy atom. The summed E-state index contributed by atoms with van der Waals surface area (Å²) in [6.07, 6.45) is -8.31. The third kappa shape index (κ3) is 21.4. The zero-order chi connectivity index (χ0) is 59.1. The average Bonchev–Trinajstić information content (AvgIpc) is 3.79. The van der Waals surface area contributed by atoms with Gasteiger partial charge in [0.15, 0.2) is 11.9 Å². The number of rotatable bonds is 19. The molecule has 0 aliphatic carbocycles. The topological polar surface area (TPSA) is 467 Å². The number of primary amides is 2.